The summed E-state index contributed by atoms with van der Waals surface area (Å²) in [6, 6.07) is 17.9. The van der Waals surface area contributed by atoms with Gasteiger partial charge in [-0.25, -0.2) is 0 Å². The van der Waals surface area contributed by atoms with Crippen LogP contribution < -0.4 is 10.6 Å². The molecule has 4 heteroatoms. The second kappa shape index (κ2) is 7.24. The molecular weight excluding hydrogens is 264 g/mol. The second-order valence-electron chi connectivity index (χ2n) is 4.70. The van der Waals surface area contributed by atoms with Gasteiger partial charge in [-0.3, -0.25) is 9.59 Å². The van der Waals surface area contributed by atoms with Crippen LogP contribution in [0.2, 0.25) is 0 Å². The molecule has 2 rings (SSSR count). The molecule has 108 valence electrons. The topological polar surface area (TPSA) is 58.2 Å². The van der Waals surface area contributed by atoms with E-state index in [9.17, 15) is 9.59 Å². The summed E-state index contributed by atoms with van der Waals surface area (Å²) < 4.78 is 0. The third-order valence-corrected chi connectivity index (χ3v) is 3.19. The molecule has 0 aliphatic carbocycles. The third-order valence-electron chi connectivity index (χ3n) is 3.19. The SMILES string of the molecule is CNC(=O)C(Cc1ccccc1)NC(=O)c1ccccc1. The van der Waals surface area contributed by atoms with E-state index < -0.39 is 6.04 Å². The van der Waals surface area contributed by atoms with Crippen molar-refractivity contribution in [2.24, 2.45) is 0 Å². The van der Waals surface area contributed by atoms with E-state index in [1.165, 1.54) is 0 Å². The number of hydrogen-bond donors (Lipinski definition) is 2. The van der Waals surface area contributed by atoms with Crippen molar-refractivity contribution in [1.29, 1.82) is 0 Å². The van der Waals surface area contributed by atoms with E-state index in [2.05, 4.69) is 10.6 Å². The molecule has 0 spiro atoms. The predicted molar refractivity (Wildman–Crippen MR) is 81.9 cm³/mol. The highest BCUT2D eigenvalue weighted by molar-refractivity contribution is 5.97. The van der Waals surface area contributed by atoms with E-state index >= 15 is 0 Å². The number of nitrogens with one attached hydrogen (secondary N) is 2. The van der Waals surface area contributed by atoms with Crippen LogP contribution in [0.4, 0.5) is 0 Å². The molecular formula is C17H18N2O2. The molecule has 0 aromatic heterocycles. The highest BCUT2D eigenvalue weighted by Crippen LogP contribution is 2.05. The first-order valence-corrected chi connectivity index (χ1v) is 6.82. The van der Waals surface area contributed by atoms with Crippen LogP contribution in [0.5, 0.6) is 0 Å². The van der Waals surface area contributed by atoms with Gasteiger partial charge in [0.15, 0.2) is 0 Å². The van der Waals surface area contributed by atoms with Crippen molar-refractivity contribution in [2.45, 2.75) is 12.5 Å². The van der Waals surface area contributed by atoms with Crippen LogP contribution in [0, 0.1) is 0 Å². The van der Waals surface area contributed by atoms with Gasteiger partial charge in [0, 0.05) is 19.0 Å². The standard InChI is InChI=1S/C17H18N2O2/c1-18-17(21)15(12-13-8-4-2-5-9-13)19-16(20)14-10-6-3-7-11-14/h2-11,15H,12H2,1H3,(H,18,21)(H,19,20). The van der Waals surface area contributed by atoms with Crippen LogP contribution in [0.3, 0.4) is 0 Å². The fraction of sp³-hybridized carbons (Fsp3) is 0.176. The lowest BCUT2D eigenvalue weighted by molar-refractivity contribution is -0.122. The lowest BCUT2D eigenvalue weighted by Crippen LogP contribution is -2.47. The molecule has 0 bridgehead atoms. The molecule has 4 nitrogen and oxygen atoms in total. The van der Waals surface area contributed by atoms with Crippen molar-refractivity contribution < 1.29 is 9.59 Å². The van der Waals surface area contributed by atoms with Gasteiger partial charge in [-0.2, -0.15) is 0 Å². The van der Waals surface area contributed by atoms with E-state index in [0.717, 1.165) is 5.56 Å². The van der Waals surface area contributed by atoms with Crippen LogP contribution >= 0.6 is 0 Å². The number of amides is 2. The molecule has 1 unspecified atom stereocenters. The fourth-order valence-corrected chi connectivity index (χ4v) is 2.06. The zero-order valence-corrected chi connectivity index (χ0v) is 11.9. The Labute approximate surface area is 124 Å². The number of carbonyl (C=O) groups is 2. The number of likely N-dealkylation sites (N-methyl/N-ethyl adjacent to an activating group) is 1. The van der Waals surface area contributed by atoms with Gasteiger partial charge in [-0.05, 0) is 17.7 Å². The molecule has 2 aromatic rings. The summed E-state index contributed by atoms with van der Waals surface area (Å²) in [6.07, 6.45) is 0.457. The van der Waals surface area contributed by atoms with E-state index in [0.29, 0.717) is 12.0 Å². The van der Waals surface area contributed by atoms with Crippen molar-refractivity contribution in [3.05, 3.63) is 71.8 Å². The zero-order chi connectivity index (χ0) is 15.1. The van der Waals surface area contributed by atoms with Gasteiger partial charge in [-0.15, -0.1) is 0 Å². The summed E-state index contributed by atoms with van der Waals surface area (Å²) in [5, 5.41) is 5.37. The van der Waals surface area contributed by atoms with Gasteiger partial charge in [0.1, 0.15) is 6.04 Å². The molecule has 2 N–H and O–H groups in total. The summed E-state index contributed by atoms with van der Waals surface area (Å²) in [4.78, 5) is 24.1. The molecule has 2 aromatic carbocycles. The van der Waals surface area contributed by atoms with Crippen molar-refractivity contribution >= 4 is 11.8 Å². The molecule has 1 atom stereocenters. The Bertz CT molecular complexity index is 597. The Kier molecular flexibility index (Phi) is 5.10. The highest BCUT2D eigenvalue weighted by atomic mass is 16.2. The molecule has 0 aliphatic heterocycles. The zero-order valence-electron chi connectivity index (χ0n) is 11.9. The van der Waals surface area contributed by atoms with E-state index in [1.807, 2.05) is 36.4 Å². The van der Waals surface area contributed by atoms with Crippen LogP contribution in [-0.4, -0.2) is 24.9 Å². The third kappa shape index (κ3) is 4.18. The Morgan fingerprint density at radius 2 is 1.52 bits per heavy atom. The maximum atomic E-state index is 12.2. The van der Waals surface area contributed by atoms with Crippen LogP contribution in [-0.2, 0) is 11.2 Å². The van der Waals surface area contributed by atoms with E-state index in [4.69, 9.17) is 0 Å². The normalized spacial score (nSPS) is 11.5. The molecule has 0 fully saturated rings. The molecule has 0 aliphatic rings. The Morgan fingerprint density at radius 3 is 2.10 bits per heavy atom. The number of carbonyl (C=O) groups excluding carboxylic acids is 2. The summed E-state index contributed by atoms with van der Waals surface area (Å²) >= 11 is 0. The Morgan fingerprint density at radius 1 is 0.952 bits per heavy atom. The minimum Gasteiger partial charge on any atom is -0.357 e. The fourth-order valence-electron chi connectivity index (χ4n) is 2.06. The number of benzene rings is 2. The van der Waals surface area contributed by atoms with Gasteiger partial charge in [0.05, 0.1) is 0 Å². The van der Waals surface area contributed by atoms with Crippen LogP contribution in [0.15, 0.2) is 60.7 Å². The molecule has 2 amide bonds. The first-order valence-electron chi connectivity index (χ1n) is 6.82. The van der Waals surface area contributed by atoms with Gasteiger partial charge < -0.3 is 10.6 Å². The van der Waals surface area contributed by atoms with Gasteiger partial charge >= 0.3 is 0 Å². The highest BCUT2D eigenvalue weighted by Gasteiger charge is 2.20. The summed E-state index contributed by atoms with van der Waals surface area (Å²) in [5.74, 6) is -0.455. The van der Waals surface area contributed by atoms with Crippen LogP contribution in [0.1, 0.15) is 15.9 Å². The summed E-state index contributed by atoms with van der Waals surface area (Å²) in [6.45, 7) is 0. The maximum absolute atomic E-state index is 12.2. The van der Waals surface area contributed by atoms with E-state index in [1.54, 1.807) is 31.3 Å². The molecule has 0 saturated heterocycles. The van der Waals surface area contributed by atoms with E-state index in [-0.39, 0.29) is 11.8 Å². The monoisotopic (exact) mass is 282 g/mol. The summed E-state index contributed by atoms with van der Waals surface area (Å²) in [5.41, 5.74) is 1.54. The Hall–Kier alpha value is -2.62. The average Bonchev–Trinajstić information content (AvgIpc) is 2.55. The summed E-state index contributed by atoms with van der Waals surface area (Å²) in [7, 11) is 1.56. The van der Waals surface area contributed by atoms with Crippen molar-refractivity contribution in [1.82, 2.24) is 10.6 Å². The molecule has 0 radical (unpaired) electrons. The maximum Gasteiger partial charge on any atom is 0.251 e. The average molecular weight is 282 g/mol. The van der Waals surface area contributed by atoms with Gasteiger partial charge in [0.2, 0.25) is 5.91 Å². The van der Waals surface area contributed by atoms with Crippen molar-refractivity contribution in [3.8, 4) is 0 Å². The second-order valence-corrected chi connectivity index (χ2v) is 4.70. The van der Waals surface area contributed by atoms with Gasteiger partial charge in [-0.1, -0.05) is 48.5 Å². The van der Waals surface area contributed by atoms with Crippen LogP contribution in [0.25, 0.3) is 0 Å². The number of hydrogen-bond acceptors (Lipinski definition) is 2. The quantitative estimate of drug-likeness (QED) is 0.878. The first kappa shape index (κ1) is 14.8. The molecule has 0 heterocycles. The predicted octanol–water partition coefficient (Wildman–Crippen LogP) is 1.77. The van der Waals surface area contributed by atoms with Gasteiger partial charge in [0.25, 0.3) is 5.91 Å². The first-order chi connectivity index (χ1) is 10.2. The minimum absolute atomic E-state index is 0.205. The lowest BCUT2D eigenvalue weighted by atomic mass is 10.0. The minimum atomic E-state index is -0.592. The molecule has 0 saturated carbocycles. The molecule has 21 heavy (non-hydrogen) atoms. The Balaban J connectivity index is 2.10. The smallest absolute Gasteiger partial charge is 0.251 e. The largest absolute Gasteiger partial charge is 0.357 e. The van der Waals surface area contributed by atoms with Crippen molar-refractivity contribution in [3.63, 3.8) is 0 Å². The lowest BCUT2D eigenvalue weighted by Gasteiger charge is -2.17. The number of rotatable bonds is 5. The van der Waals surface area contributed by atoms with Crippen molar-refractivity contribution in [2.75, 3.05) is 7.05 Å².